The summed E-state index contributed by atoms with van der Waals surface area (Å²) in [5.74, 6) is -0.449. The van der Waals surface area contributed by atoms with Crippen LogP contribution >= 0.6 is 0 Å². The Morgan fingerprint density at radius 1 is 1.50 bits per heavy atom. The van der Waals surface area contributed by atoms with Gasteiger partial charge in [-0.1, -0.05) is 0 Å². The van der Waals surface area contributed by atoms with Crippen molar-refractivity contribution in [2.75, 3.05) is 13.7 Å². The van der Waals surface area contributed by atoms with E-state index in [9.17, 15) is 9.18 Å². The molecule has 1 aliphatic rings. The van der Waals surface area contributed by atoms with Crippen LogP contribution in [0.1, 0.15) is 24.8 Å². The molecule has 0 aliphatic heterocycles. The first-order valence-corrected chi connectivity index (χ1v) is 6.54. The van der Waals surface area contributed by atoms with Crippen molar-refractivity contribution < 1.29 is 18.7 Å². The lowest BCUT2D eigenvalue weighted by Crippen LogP contribution is -2.15. The van der Waals surface area contributed by atoms with Gasteiger partial charge in [0.2, 0.25) is 0 Å². The zero-order valence-corrected chi connectivity index (χ0v) is 11.3. The molecule has 1 aromatic rings. The standard InChI is InChI=1S/C15H16FNO3/c1-19-15(18)12-4-2-11(6-12)9-20-14-7-10(8-17)3-5-13(14)16/h3,5,7,11-12H,2,4,6,9H2,1H3/t11-,12+/m0/s1. The molecule has 1 aliphatic carbocycles. The van der Waals surface area contributed by atoms with Gasteiger partial charge in [0.25, 0.3) is 0 Å². The second-order valence-corrected chi connectivity index (χ2v) is 4.97. The third-order valence-corrected chi connectivity index (χ3v) is 3.61. The number of ether oxygens (including phenoxy) is 2. The molecule has 0 unspecified atom stereocenters. The van der Waals surface area contributed by atoms with Crippen molar-refractivity contribution in [1.82, 2.24) is 0 Å². The van der Waals surface area contributed by atoms with Crippen LogP contribution < -0.4 is 4.74 Å². The Bertz CT molecular complexity index is 538. The Morgan fingerprint density at radius 3 is 3.00 bits per heavy atom. The number of nitrogens with zero attached hydrogens (tertiary/aromatic N) is 1. The molecule has 4 nitrogen and oxygen atoms in total. The smallest absolute Gasteiger partial charge is 0.308 e. The van der Waals surface area contributed by atoms with Gasteiger partial charge >= 0.3 is 5.97 Å². The second-order valence-electron chi connectivity index (χ2n) is 4.97. The van der Waals surface area contributed by atoms with Crippen molar-refractivity contribution in [3.05, 3.63) is 29.6 Å². The molecule has 0 saturated heterocycles. The summed E-state index contributed by atoms with van der Waals surface area (Å²) in [5, 5.41) is 8.78. The first-order valence-electron chi connectivity index (χ1n) is 6.54. The molecule has 0 spiro atoms. The number of nitriles is 1. The van der Waals surface area contributed by atoms with Crippen LogP contribution in [0.25, 0.3) is 0 Å². The van der Waals surface area contributed by atoms with Crippen molar-refractivity contribution in [3.8, 4) is 11.8 Å². The number of carbonyl (C=O) groups is 1. The SMILES string of the molecule is COC(=O)[C@@H]1CC[C@H](COc2cc(C#N)ccc2F)C1. The van der Waals surface area contributed by atoms with Gasteiger partial charge in [-0.15, -0.1) is 0 Å². The van der Waals surface area contributed by atoms with Gasteiger partial charge < -0.3 is 9.47 Å². The lowest BCUT2D eigenvalue weighted by atomic mass is 10.1. The topological polar surface area (TPSA) is 59.3 Å². The fraction of sp³-hybridized carbons (Fsp3) is 0.467. The molecule has 0 amide bonds. The van der Waals surface area contributed by atoms with E-state index in [0.717, 1.165) is 12.8 Å². The first-order chi connectivity index (χ1) is 9.63. The molecule has 2 rings (SSSR count). The zero-order valence-electron chi connectivity index (χ0n) is 11.3. The van der Waals surface area contributed by atoms with Gasteiger partial charge in [0.15, 0.2) is 11.6 Å². The minimum Gasteiger partial charge on any atom is -0.490 e. The predicted octanol–water partition coefficient (Wildman–Crippen LogP) is 2.67. The number of rotatable bonds is 4. The summed E-state index contributed by atoms with van der Waals surface area (Å²) in [5.41, 5.74) is 0.361. The van der Waals surface area contributed by atoms with E-state index in [1.807, 2.05) is 6.07 Å². The summed E-state index contributed by atoms with van der Waals surface area (Å²) in [4.78, 5) is 11.4. The largest absolute Gasteiger partial charge is 0.490 e. The highest BCUT2D eigenvalue weighted by Gasteiger charge is 2.31. The highest BCUT2D eigenvalue weighted by Crippen LogP contribution is 2.32. The molecule has 0 heterocycles. The third-order valence-electron chi connectivity index (χ3n) is 3.61. The molecule has 1 aromatic carbocycles. The Kier molecular flexibility index (Phi) is 4.57. The van der Waals surface area contributed by atoms with Crippen molar-refractivity contribution >= 4 is 5.97 Å². The molecular weight excluding hydrogens is 261 g/mol. The Hall–Kier alpha value is -2.09. The van der Waals surface area contributed by atoms with Crippen LogP contribution in [0.2, 0.25) is 0 Å². The summed E-state index contributed by atoms with van der Waals surface area (Å²) < 4.78 is 23.7. The molecular formula is C15H16FNO3. The average Bonchev–Trinajstić information content (AvgIpc) is 2.94. The van der Waals surface area contributed by atoms with Crippen LogP contribution in [0.4, 0.5) is 4.39 Å². The van der Waals surface area contributed by atoms with Crippen molar-refractivity contribution in [2.24, 2.45) is 11.8 Å². The van der Waals surface area contributed by atoms with E-state index in [-0.39, 0.29) is 23.6 Å². The van der Waals surface area contributed by atoms with Crippen LogP contribution in [0, 0.1) is 29.0 Å². The van der Waals surface area contributed by atoms with E-state index in [1.54, 1.807) is 0 Å². The number of carbonyl (C=O) groups excluding carboxylic acids is 1. The summed E-state index contributed by atoms with van der Waals surface area (Å²) in [7, 11) is 1.38. The number of esters is 1. The van der Waals surface area contributed by atoms with Crippen LogP contribution in [-0.4, -0.2) is 19.7 Å². The summed E-state index contributed by atoms with van der Waals surface area (Å²) in [6.07, 6.45) is 2.34. The number of benzene rings is 1. The van der Waals surface area contributed by atoms with Gasteiger partial charge in [0.05, 0.1) is 31.3 Å². The summed E-state index contributed by atoms with van der Waals surface area (Å²) in [6, 6.07) is 5.97. The van der Waals surface area contributed by atoms with Gasteiger partial charge in [-0.25, -0.2) is 4.39 Å². The van der Waals surface area contributed by atoms with Crippen LogP contribution in [0.5, 0.6) is 5.75 Å². The minimum absolute atomic E-state index is 0.0797. The average molecular weight is 277 g/mol. The normalized spacial score (nSPS) is 21.2. The highest BCUT2D eigenvalue weighted by atomic mass is 19.1. The fourth-order valence-electron chi connectivity index (χ4n) is 2.50. The molecule has 20 heavy (non-hydrogen) atoms. The molecule has 0 radical (unpaired) electrons. The molecule has 0 bridgehead atoms. The van der Waals surface area contributed by atoms with E-state index in [4.69, 9.17) is 14.7 Å². The van der Waals surface area contributed by atoms with Crippen LogP contribution in [-0.2, 0) is 9.53 Å². The Morgan fingerprint density at radius 2 is 2.30 bits per heavy atom. The molecule has 0 N–H and O–H groups in total. The van der Waals surface area contributed by atoms with Crippen LogP contribution in [0.3, 0.4) is 0 Å². The Labute approximate surface area is 117 Å². The van der Waals surface area contributed by atoms with E-state index in [0.29, 0.717) is 18.6 Å². The minimum atomic E-state index is -0.480. The molecule has 1 fully saturated rings. The van der Waals surface area contributed by atoms with E-state index in [2.05, 4.69) is 0 Å². The summed E-state index contributed by atoms with van der Waals surface area (Å²) >= 11 is 0. The van der Waals surface area contributed by atoms with Crippen molar-refractivity contribution in [1.29, 1.82) is 5.26 Å². The van der Waals surface area contributed by atoms with E-state index in [1.165, 1.54) is 25.3 Å². The van der Waals surface area contributed by atoms with Crippen LogP contribution in [0.15, 0.2) is 18.2 Å². The number of methoxy groups -OCH3 is 1. The maximum absolute atomic E-state index is 13.5. The molecule has 106 valence electrons. The molecule has 5 heteroatoms. The predicted molar refractivity (Wildman–Crippen MR) is 69.5 cm³/mol. The van der Waals surface area contributed by atoms with Gasteiger partial charge in [-0.05, 0) is 37.3 Å². The number of hydrogen-bond acceptors (Lipinski definition) is 4. The zero-order chi connectivity index (χ0) is 14.5. The number of halogens is 1. The molecule has 0 aromatic heterocycles. The first kappa shape index (κ1) is 14.3. The lowest BCUT2D eigenvalue weighted by molar-refractivity contribution is -0.145. The van der Waals surface area contributed by atoms with E-state index >= 15 is 0 Å². The van der Waals surface area contributed by atoms with Crippen molar-refractivity contribution in [2.45, 2.75) is 19.3 Å². The van der Waals surface area contributed by atoms with Gasteiger partial charge in [-0.3, -0.25) is 4.79 Å². The van der Waals surface area contributed by atoms with Gasteiger partial charge in [-0.2, -0.15) is 5.26 Å². The lowest BCUT2D eigenvalue weighted by Gasteiger charge is -2.12. The maximum Gasteiger partial charge on any atom is 0.308 e. The van der Waals surface area contributed by atoms with Gasteiger partial charge in [0, 0.05) is 6.07 Å². The van der Waals surface area contributed by atoms with Crippen molar-refractivity contribution in [3.63, 3.8) is 0 Å². The van der Waals surface area contributed by atoms with E-state index < -0.39 is 5.82 Å². The summed E-state index contributed by atoms with van der Waals surface area (Å²) in [6.45, 7) is 0.347. The van der Waals surface area contributed by atoms with Gasteiger partial charge in [0.1, 0.15) is 0 Å². The quantitative estimate of drug-likeness (QED) is 0.794. The Balaban J connectivity index is 1.91. The fourth-order valence-corrected chi connectivity index (χ4v) is 2.50. The second kappa shape index (κ2) is 6.38. The molecule has 2 atom stereocenters. The maximum atomic E-state index is 13.5. The third kappa shape index (κ3) is 3.27. The number of hydrogen-bond donors (Lipinski definition) is 0. The highest BCUT2D eigenvalue weighted by molar-refractivity contribution is 5.72. The molecule has 1 saturated carbocycles. The monoisotopic (exact) mass is 277 g/mol.